The molecule has 0 unspecified atom stereocenters. The van der Waals surface area contributed by atoms with Crippen LogP contribution in [0.25, 0.3) is 0 Å². The number of piperidine rings is 1. The molecule has 122 valence electrons. The number of nitrogens with one attached hydrogen (secondary N) is 1. The van der Waals surface area contributed by atoms with E-state index in [1.807, 2.05) is 11.8 Å². The van der Waals surface area contributed by atoms with Gasteiger partial charge in [0, 0.05) is 18.5 Å². The van der Waals surface area contributed by atoms with Crippen LogP contribution in [0.2, 0.25) is 0 Å². The third-order valence-corrected chi connectivity index (χ3v) is 4.91. The number of hydrogen-bond donors (Lipinski definition) is 1. The molecule has 0 spiro atoms. The van der Waals surface area contributed by atoms with Crippen LogP contribution in [0.5, 0.6) is 0 Å². The van der Waals surface area contributed by atoms with E-state index < -0.39 is 12.1 Å². The van der Waals surface area contributed by atoms with E-state index >= 15 is 0 Å². The van der Waals surface area contributed by atoms with E-state index in [4.69, 9.17) is 0 Å². The zero-order valence-electron chi connectivity index (χ0n) is 12.6. The van der Waals surface area contributed by atoms with Gasteiger partial charge in [-0.15, -0.1) is 0 Å². The standard InChI is InChI=1S/C15H25F3N2O/c1-2-20(13-7-9-19-10-8-13)14(21)11-3-5-12(6-4-11)15(16,17)18/h11-13,19H,2-10H2,1H3. The molecular weight excluding hydrogens is 281 g/mol. The number of carbonyl (C=O) groups is 1. The first-order valence-corrected chi connectivity index (χ1v) is 8.01. The van der Waals surface area contributed by atoms with Crippen molar-refractivity contribution in [3.63, 3.8) is 0 Å². The fourth-order valence-electron chi connectivity index (χ4n) is 3.61. The average molecular weight is 306 g/mol. The largest absolute Gasteiger partial charge is 0.391 e. The highest BCUT2D eigenvalue weighted by atomic mass is 19.4. The van der Waals surface area contributed by atoms with Crippen LogP contribution in [-0.4, -0.2) is 42.7 Å². The van der Waals surface area contributed by atoms with Crippen molar-refractivity contribution in [1.29, 1.82) is 0 Å². The number of halogens is 3. The molecule has 1 saturated heterocycles. The fraction of sp³-hybridized carbons (Fsp3) is 0.933. The highest BCUT2D eigenvalue weighted by Gasteiger charge is 2.43. The van der Waals surface area contributed by atoms with Crippen molar-refractivity contribution in [3.8, 4) is 0 Å². The quantitative estimate of drug-likeness (QED) is 0.869. The Morgan fingerprint density at radius 2 is 1.67 bits per heavy atom. The van der Waals surface area contributed by atoms with Crippen LogP contribution in [0.15, 0.2) is 0 Å². The summed E-state index contributed by atoms with van der Waals surface area (Å²) < 4.78 is 38.0. The summed E-state index contributed by atoms with van der Waals surface area (Å²) in [5, 5.41) is 3.27. The lowest BCUT2D eigenvalue weighted by atomic mass is 9.80. The molecule has 0 bridgehead atoms. The highest BCUT2D eigenvalue weighted by molar-refractivity contribution is 5.79. The molecule has 0 radical (unpaired) electrons. The molecule has 21 heavy (non-hydrogen) atoms. The van der Waals surface area contributed by atoms with Gasteiger partial charge in [-0.2, -0.15) is 13.2 Å². The zero-order valence-corrected chi connectivity index (χ0v) is 12.6. The summed E-state index contributed by atoms with van der Waals surface area (Å²) in [5.41, 5.74) is 0. The first-order valence-electron chi connectivity index (χ1n) is 8.01. The van der Waals surface area contributed by atoms with E-state index in [9.17, 15) is 18.0 Å². The van der Waals surface area contributed by atoms with Gasteiger partial charge in [-0.25, -0.2) is 0 Å². The van der Waals surface area contributed by atoms with Crippen LogP contribution in [0, 0.1) is 11.8 Å². The van der Waals surface area contributed by atoms with Crippen LogP contribution in [0.1, 0.15) is 45.4 Å². The van der Waals surface area contributed by atoms with Crippen LogP contribution in [0.4, 0.5) is 13.2 Å². The number of hydrogen-bond acceptors (Lipinski definition) is 2. The Labute approximate surface area is 124 Å². The third-order valence-electron chi connectivity index (χ3n) is 4.91. The summed E-state index contributed by atoms with van der Waals surface area (Å²) in [7, 11) is 0. The Hall–Kier alpha value is -0.780. The summed E-state index contributed by atoms with van der Waals surface area (Å²) in [6.45, 7) is 4.44. The Balaban J connectivity index is 1.90. The molecule has 0 aromatic heterocycles. The van der Waals surface area contributed by atoms with Gasteiger partial charge in [0.05, 0.1) is 5.92 Å². The number of nitrogens with zero attached hydrogens (tertiary/aromatic N) is 1. The minimum absolute atomic E-state index is 0.0741. The molecule has 1 saturated carbocycles. The smallest absolute Gasteiger partial charge is 0.340 e. The van der Waals surface area contributed by atoms with Crippen LogP contribution >= 0.6 is 0 Å². The Morgan fingerprint density at radius 3 is 2.14 bits per heavy atom. The Morgan fingerprint density at radius 1 is 1.10 bits per heavy atom. The summed E-state index contributed by atoms with van der Waals surface area (Å²) in [6, 6.07) is 0.254. The van der Waals surface area contributed by atoms with Crippen molar-refractivity contribution in [1.82, 2.24) is 10.2 Å². The van der Waals surface area contributed by atoms with E-state index in [0.717, 1.165) is 25.9 Å². The number of amides is 1. The Bertz CT molecular complexity index is 345. The summed E-state index contributed by atoms with van der Waals surface area (Å²) >= 11 is 0. The molecule has 1 aliphatic carbocycles. The second-order valence-corrected chi connectivity index (χ2v) is 6.20. The van der Waals surface area contributed by atoms with Crippen molar-refractivity contribution in [2.45, 2.75) is 57.7 Å². The van der Waals surface area contributed by atoms with Crippen molar-refractivity contribution in [2.75, 3.05) is 19.6 Å². The van der Waals surface area contributed by atoms with Gasteiger partial charge in [-0.3, -0.25) is 4.79 Å². The van der Waals surface area contributed by atoms with Crippen molar-refractivity contribution >= 4 is 5.91 Å². The molecule has 1 heterocycles. The van der Waals surface area contributed by atoms with Crippen molar-refractivity contribution in [3.05, 3.63) is 0 Å². The molecule has 2 rings (SSSR count). The van der Waals surface area contributed by atoms with Gasteiger partial charge in [0.15, 0.2) is 0 Å². The molecule has 0 aromatic carbocycles. The Kier molecular flexibility index (Phi) is 5.52. The molecule has 2 aliphatic rings. The molecule has 3 nitrogen and oxygen atoms in total. The third kappa shape index (κ3) is 4.11. The lowest BCUT2D eigenvalue weighted by Gasteiger charge is -2.38. The lowest BCUT2D eigenvalue weighted by molar-refractivity contribution is -0.185. The van der Waals surface area contributed by atoms with E-state index in [1.54, 1.807) is 0 Å². The van der Waals surface area contributed by atoms with E-state index in [0.29, 0.717) is 19.4 Å². The number of carbonyl (C=O) groups excluding carboxylic acids is 1. The van der Waals surface area contributed by atoms with E-state index in [1.165, 1.54) is 0 Å². The van der Waals surface area contributed by atoms with Crippen molar-refractivity contribution in [2.24, 2.45) is 11.8 Å². The van der Waals surface area contributed by atoms with Gasteiger partial charge < -0.3 is 10.2 Å². The maximum atomic E-state index is 12.7. The molecule has 2 fully saturated rings. The van der Waals surface area contributed by atoms with Gasteiger partial charge >= 0.3 is 6.18 Å². The summed E-state index contributed by atoms with van der Waals surface area (Å²) in [4.78, 5) is 14.5. The maximum Gasteiger partial charge on any atom is 0.391 e. The first-order chi connectivity index (χ1) is 9.93. The normalized spacial score (nSPS) is 28.4. The molecule has 0 aromatic rings. The van der Waals surface area contributed by atoms with Crippen molar-refractivity contribution < 1.29 is 18.0 Å². The SMILES string of the molecule is CCN(C(=O)C1CCC(C(F)(F)F)CC1)C1CCNCC1. The fourth-order valence-corrected chi connectivity index (χ4v) is 3.61. The molecular formula is C15H25F3N2O. The predicted octanol–water partition coefficient (Wildman–Crippen LogP) is 2.96. The highest BCUT2D eigenvalue weighted by Crippen LogP contribution is 2.40. The molecule has 1 aliphatic heterocycles. The van der Waals surface area contributed by atoms with E-state index in [2.05, 4.69) is 5.32 Å². The summed E-state index contributed by atoms with van der Waals surface area (Å²) in [6.07, 6.45) is -1.26. The van der Waals surface area contributed by atoms with Crippen LogP contribution in [-0.2, 0) is 4.79 Å². The van der Waals surface area contributed by atoms with Gasteiger partial charge in [0.2, 0.25) is 5.91 Å². The minimum Gasteiger partial charge on any atom is -0.340 e. The van der Waals surface area contributed by atoms with Gasteiger partial charge in [-0.1, -0.05) is 0 Å². The predicted molar refractivity (Wildman–Crippen MR) is 74.8 cm³/mol. The number of alkyl halides is 3. The van der Waals surface area contributed by atoms with Crippen LogP contribution in [0.3, 0.4) is 0 Å². The first kappa shape index (κ1) is 16.6. The topological polar surface area (TPSA) is 32.3 Å². The van der Waals surface area contributed by atoms with Gasteiger partial charge in [-0.05, 0) is 58.5 Å². The maximum absolute atomic E-state index is 12.7. The molecule has 6 heteroatoms. The van der Waals surface area contributed by atoms with E-state index in [-0.39, 0.29) is 30.7 Å². The molecule has 0 atom stereocenters. The zero-order chi connectivity index (χ0) is 15.5. The minimum atomic E-state index is -4.10. The number of rotatable bonds is 3. The molecule has 1 N–H and O–H groups in total. The monoisotopic (exact) mass is 306 g/mol. The lowest BCUT2D eigenvalue weighted by Crippen LogP contribution is -2.48. The van der Waals surface area contributed by atoms with Crippen LogP contribution < -0.4 is 5.32 Å². The second-order valence-electron chi connectivity index (χ2n) is 6.20. The van der Waals surface area contributed by atoms with Gasteiger partial charge in [0.1, 0.15) is 0 Å². The summed E-state index contributed by atoms with van der Waals surface area (Å²) in [5.74, 6) is -1.35. The average Bonchev–Trinajstić information content (AvgIpc) is 2.48. The second kappa shape index (κ2) is 6.99. The molecule has 1 amide bonds. The van der Waals surface area contributed by atoms with Gasteiger partial charge in [0.25, 0.3) is 0 Å².